The zero-order valence-corrected chi connectivity index (χ0v) is 23.6. The number of hydrogen-bond donors (Lipinski definition) is 1. The van der Waals surface area contributed by atoms with E-state index in [9.17, 15) is 14.7 Å². The lowest BCUT2D eigenvalue weighted by Gasteiger charge is -2.10. The van der Waals surface area contributed by atoms with E-state index in [1.165, 1.54) is 33.5 Å². The first-order valence-corrected chi connectivity index (χ1v) is 12.9. The summed E-state index contributed by atoms with van der Waals surface area (Å²) in [6.07, 6.45) is 3.09. The Morgan fingerprint density at radius 1 is 0.762 bits per heavy atom. The minimum absolute atomic E-state index is 0.116. The summed E-state index contributed by atoms with van der Waals surface area (Å²) in [4.78, 5) is 24.8. The van der Waals surface area contributed by atoms with Gasteiger partial charge in [-0.25, -0.2) is 0 Å². The predicted octanol–water partition coefficient (Wildman–Crippen LogP) is 6.78. The molecule has 1 aromatic heterocycles. The van der Waals surface area contributed by atoms with E-state index >= 15 is 0 Å². The molecular weight excluding hydrogens is 536 g/mol. The molecule has 1 heterocycles. The zero-order valence-electron chi connectivity index (χ0n) is 23.6. The monoisotopic (exact) mass is 566 g/mol. The molecule has 214 valence electrons. The van der Waals surface area contributed by atoms with E-state index in [4.69, 9.17) is 23.4 Å². The van der Waals surface area contributed by atoms with Crippen LogP contribution in [0.5, 0.6) is 28.7 Å². The van der Waals surface area contributed by atoms with Gasteiger partial charge in [-0.3, -0.25) is 9.59 Å². The Kier molecular flexibility index (Phi) is 9.63. The molecule has 0 fully saturated rings. The van der Waals surface area contributed by atoms with Crippen molar-refractivity contribution in [2.45, 2.75) is 0 Å². The number of para-hydroxylation sites is 1. The Labute approximate surface area is 243 Å². The van der Waals surface area contributed by atoms with Crippen molar-refractivity contribution in [1.29, 1.82) is 0 Å². The molecule has 0 aliphatic heterocycles. The van der Waals surface area contributed by atoms with Crippen LogP contribution in [0.3, 0.4) is 0 Å². The fourth-order valence-electron chi connectivity index (χ4n) is 4.22. The van der Waals surface area contributed by atoms with Crippen molar-refractivity contribution in [1.82, 2.24) is 0 Å². The summed E-state index contributed by atoms with van der Waals surface area (Å²) in [5.74, 6) is 1.30. The quantitative estimate of drug-likeness (QED) is 0.162. The molecular formula is C34H30O8. The molecule has 0 saturated carbocycles. The van der Waals surface area contributed by atoms with Crippen LogP contribution in [0.2, 0.25) is 0 Å². The van der Waals surface area contributed by atoms with E-state index < -0.39 is 0 Å². The van der Waals surface area contributed by atoms with Gasteiger partial charge < -0.3 is 28.5 Å². The second-order valence-corrected chi connectivity index (χ2v) is 8.83. The third-order valence-electron chi connectivity index (χ3n) is 6.28. The first-order valence-electron chi connectivity index (χ1n) is 12.9. The normalized spacial score (nSPS) is 10.6. The number of phenols is 1. The predicted molar refractivity (Wildman–Crippen MR) is 162 cm³/mol. The number of aromatic hydroxyl groups is 1. The average molecular weight is 567 g/mol. The van der Waals surface area contributed by atoms with Crippen LogP contribution < -0.4 is 24.4 Å². The van der Waals surface area contributed by atoms with Crippen molar-refractivity contribution in [2.75, 3.05) is 28.4 Å². The van der Waals surface area contributed by atoms with Crippen LogP contribution in [0.1, 0.15) is 15.9 Å². The number of ketones is 1. The van der Waals surface area contributed by atoms with Crippen molar-refractivity contribution in [2.24, 2.45) is 0 Å². The Morgan fingerprint density at radius 2 is 1.43 bits per heavy atom. The summed E-state index contributed by atoms with van der Waals surface area (Å²) in [7, 11) is 5.92. The van der Waals surface area contributed by atoms with Gasteiger partial charge in [-0.05, 0) is 23.8 Å². The summed E-state index contributed by atoms with van der Waals surface area (Å²) in [6.45, 7) is 0. The van der Waals surface area contributed by atoms with Gasteiger partial charge in [-0.1, -0.05) is 72.8 Å². The van der Waals surface area contributed by atoms with Crippen LogP contribution in [0.15, 0.2) is 106 Å². The van der Waals surface area contributed by atoms with E-state index in [2.05, 4.69) is 0 Å². The number of carbonyl (C=O) groups is 1. The highest BCUT2D eigenvalue weighted by Crippen LogP contribution is 2.35. The number of carbonyl (C=O) groups excluding carboxylic acids is 1. The highest BCUT2D eigenvalue weighted by Gasteiger charge is 2.19. The lowest BCUT2D eigenvalue weighted by molar-refractivity contribution is 0.104. The SMILES string of the molecule is COc1c(-c2ccccc2)oc2c(OC)cccc2c1=O.COc1cc(O)c(C(=O)C=Cc2ccccc2)c(OC)c1. The lowest BCUT2D eigenvalue weighted by atomic mass is 10.1. The van der Waals surface area contributed by atoms with Gasteiger partial charge in [0.15, 0.2) is 22.9 Å². The Morgan fingerprint density at radius 3 is 2.05 bits per heavy atom. The van der Waals surface area contributed by atoms with Gasteiger partial charge in [-0.2, -0.15) is 0 Å². The van der Waals surface area contributed by atoms with E-state index in [1.807, 2.05) is 60.7 Å². The number of allylic oxidation sites excluding steroid dienone is 1. The number of benzene rings is 4. The van der Waals surface area contributed by atoms with Gasteiger partial charge in [-0.15, -0.1) is 0 Å². The fourth-order valence-corrected chi connectivity index (χ4v) is 4.22. The van der Waals surface area contributed by atoms with Crippen LogP contribution in [-0.2, 0) is 0 Å². The van der Waals surface area contributed by atoms with E-state index in [0.29, 0.717) is 28.2 Å². The maximum Gasteiger partial charge on any atom is 0.235 e. The summed E-state index contributed by atoms with van der Waals surface area (Å²) in [6, 6.07) is 27.0. The van der Waals surface area contributed by atoms with Crippen LogP contribution in [0.4, 0.5) is 0 Å². The number of phenolic OH excluding ortho intramolecular Hbond substituents is 1. The van der Waals surface area contributed by atoms with Gasteiger partial charge >= 0.3 is 0 Å². The molecule has 0 saturated heterocycles. The molecule has 4 aromatic carbocycles. The number of ether oxygens (including phenoxy) is 4. The summed E-state index contributed by atoms with van der Waals surface area (Å²) < 4.78 is 26.6. The fraction of sp³-hybridized carbons (Fsp3) is 0.118. The van der Waals surface area contributed by atoms with E-state index in [-0.39, 0.29) is 34.0 Å². The van der Waals surface area contributed by atoms with Crippen molar-refractivity contribution < 1.29 is 33.3 Å². The first kappa shape index (κ1) is 29.5. The molecule has 0 aliphatic carbocycles. The molecule has 0 atom stereocenters. The highest BCUT2D eigenvalue weighted by molar-refractivity contribution is 6.10. The van der Waals surface area contributed by atoms with Crippen molar-refractivity contribution in [3.8, 4) is 40.1 Å². The molecule has 8 heteroatoms. The summed E-state index contributed by atoms with van der Waals surface area (Å²) in [5.41, 5.74) is 2.00. The number of hydrogen-bond acceptors (Lipinski definition) is 8. The smallest absolute Gasteiger partial charge is 0.235 e. The van der Waals surface area contributed by atoms with Crippen LogP contribution in [0.25, 0.3) is 28.4 Å². The average Bonchev–Trinajstić information content (AvgIpc) is 3.04. The number of rotatable bonds is 8. The van der Waals surface area contributed by atoms with Crippen molar-refractivity contribution >= 4 is 22.8 Å². The lowest BCUT2D eigenvalue weighted by Crippen LogP contribution is -2.08. The molecule has 1 N–H and O–H groups in total. The molecule has 42 heavy (non-hydrogen) atoms. The molecule has 0 unspecified atom stereocenters. The second-order valence-electron chi connectivity index (χ2n) is 8.83. The van der Waals surface area contributed by atoms with Gasteiger partial charge in [0.2, 0.25) is 11.2 Å². The maximum absolute atomic E-state index is 12.6. The van der Waals surface area contributed by atoms with Crippen molar-refractivity contribution in [3.05, 3.63) is 118 Å². The third kappa shape index (κ3) is 6.45. The third-order valence-corrected chi connectivity index (χ3v) is 6.28. The van der Waals surface area contributed by atoms with E-state index in [1.54, 1.807) is 37.5 Å². The van der Waals surface area contributed by atoms with Gasteiger partial charge in [0, 0.05) is 17.7 Å². The molecule has 0 bridgehead atoms. The molecule has 8 nitrogen and oxygen atoms in total. The second kappa shape index (κ2) is 13.7. The zero-order chi connectivity index (χ0) is 30.1. The van der Waals surface area contributed by atoms with Gasteiger partial charge in [0.05, 0.1) is 33.8 Å². The van der Waals surface area contributed by atoms with Crippen molar-refractivity contribution in [3.63, 3.8) is 0 Å². The summed E-state index contributed by atoms with van der Waals surface area (Å²) in [5, 5.41) is 10.4. The van der Waals surface area contributed by atoms with Gasteiger partial charge in [0.25, 0.3) is 0 Å². The molecule has 0 aliphatic rings. The standard InChI is InChI=1S/C17H14O4.C17H16O4/c1-19-13-10-6-9-12-14(18)17(20-2)15(21-16(12)13)11-7-4-3-5-8-11;1-20-13-10-15(19)17(16(11-13)21-2)14(18)9-8-12-6-4-3-5-7-12/h3-10H,1-2H3;3-11,19H,1-2H3. The van der Waals surface area contributed by atoms with Gasteiger partial charge in [0.1, 0.15) is 22.8 Å². The van der Waals surface area contributed by atoms with Crippen LogP contribution >= 0.6 is 0 Å². The molecule has 0 amide bonds. The molecule has 5 rings (SSSR count). The Bertz CT molecular complexity index is 1760. The van der Waals surface area contributed by atoms with Crippen LogP contribution in [0, 0.1) is 0 Å². The Balaban J connectivity index is 0.000000193. The highest BCUT2D eigenvalue weighted by atomic mass is 16.5. The largest absolute Gasteiger partial charge is 0.507 e. The molecule has 0 radical (unpaired) electrons. The topological polar surface area (TPSA) is 104 Å². The molecule has 5 aromatic rings. The van der Waals surface area contributed by atoms with E-state index in [0.717, 1.165) is 11.1 Å². The van der Waals surface area contributed by atoms with Crippen LogP contribution in [-0.4, -0.2) is 39.3 Å². The maximum atomic E-state index is 12.6. The number of fused-ring (bicyclic) bond motifs is 1. The summed E-state index contributed by atoms with van der Waals surface area (Å²) >= 11 is 0. The minimum Gasteiger partial charge on any atom is -0.507 e. The Hall–Kier alpha value is -5.50. The number of methoxy groups -OCH3 is 4. The minimum atomic E-state index is -0.337. The first-order chi connectivity index (χ1) is 20.4. The molecule has 0 spiro atoms.